The molecule has 0 aromatic carbocycles. The van der Waals surface area contributed by atoms with Crippen molar-refractivity contribution >= 4 is 7.32 Å². The van der Waals surface area contributed by atoms with Gasteiger partial charge in [0, 0.05) is 0 Å². The van der Waals surface area contributed by atoms with Gasteiger partial charge in [-0.2, -0.15) is 0 Å². The van der Waals surface area contributed by atoms with Gasteiger partial charge in [0.05, 0.1) is 0 Å². The standard InChI is InChI=1S/C3H4BNO4/c6-4(7)9-3-1-5-2-8-3/h1-2,6-7H. The number of oxazole rings is 1. The van der Waals surface area contributed by atoms with Crippen molar-refractivity contribution in [2.24, 2.45) is 0 Å². The molecule has 0 unspecified atom stereocenters. The summed E-state index contributed by atoms with van der Waals surface area (Å²) in [6, 6.07) is 0. The van der Waals surface area contributed by atoms with Crippen LogP contribution in [0.3, 0.4) is 0 Å². The molecule has 2 N–H and O–H groups in total. The fraction of sp³-hybridized carbons (Fsp3) is 0. The summed E-state index contributed by atoms with van der Waals surface area (Å²) in [5, 5.41) is 16.3. The van der Waals surface area contributed by atoms with Gasteiger partial charge in [0.1, 0.15) is 6.20 Å². The van der Waals surface area contributed by atoms with Crippen molar-refractivity contribution < 1.29 is 19.1 Å². The van der Waals surface area contributed by atoms with Gasteiger partial charge in [0.15, 0.2) is 6.39 Å². The molecule has 1 heterocycles. The van der Waals surface area contributed by atoms with Crippen LogP contribution in [0.4, 0.5) is 0 Å². The van der Waals surface area contributed by atoms with Crippen LogP contribution in [-0.2, 0) is 0 Å². The van der Waals surface area contributed by atoms with Gasteiger partial charge in [-0.05, 0) is 0 Å². The fourth-order valence-electron chi connectivity index (χ4n) is 0.366. The average molecular weight is 129 g/mol. The quantitative estimate of drug-likeness (QED) is 0.502. The van der Waals surface area contributed by atoms with Gasteiger partial charge in [-0.15, -0.1) is 0 Å². The molecule has 0 aliphatic carbocycles. The van der Waals surface area contributed by atoms with E-state index in [1.807, 2.05) is 0 Å². The molecule has 6 heteroatoms. The van der Waals surface area contributed by atoms with Gasteiger partial charge in [-0.1, -0.05) is 0 Å². The van der Waals surface area contributed by atoms with Gasteiger partial charge in [-0.25, -0.2) is 4.98 Å². The van der Waals surface area contributed by atoms with Gasteiger partial charge in [0.25, 0.3) is 5.95 Å². The van der Waals surface area contributed by atoms with Crippen LogP contribution < -0.4 is 4.65 Å². The minimum absolute atomic E-state index is 0.0231. The summed E-state index contributed by atoms with van der Waals surface area (Å²) in [5.74, 6) is -0.0231. The van der Waals surface area contributed by atoms with Gasteiger partial charge < -0.3 is 19.1 Å². The first-order valence-electron chi connectivity index (χ1n) is 2.20. The molecular weight excluding hydrogens is 125 g/mol. The lowest BCUT2D eigenvalue weighted by molar-refractivity contribution is 0.253. The van der Waals surface area contributed by atoms with Crippen LogP contribution in [0.15, 0.2) is 17.0 Å². The Labute approximate surface area is 51.1 Å². The summed E-state index contributed by atoms with van der Waals surface area (Å²) in [6.45, 7) is 0. The zero-order valence-electron chi connectivity index (χ0n) is 4.39. The first-order chi connectivity index (χ1) is 4.29. The summed E-state index contributed by atoms with van der Waals surface area (Å²) in [6.07, 6.45) is 2.34. The first-order valence-corrected chi connectivity index (χ1v) is 2.20. The Bertz CT molecular complexity index is 162. The SMILES string of the molecule is OB(O)Oc1cnco1. The Hall–Kier alpha value is -1.01. The molecule has 0 saturated heterocycles. The van der Waals surface area contributed by atoms with Crippen molar-refractivity contribution in [3.63, 3.8) is 0 Å². The van der Waals surface area contributed by atoms with E-state index in [0.29, 0.717) is 0 Å². The number of nitrogens with zero attached hydrogens (tertiary/aromatic N) is 1. The topological polar surface area (TPSA) is 75.7 Å². The summed E-state index contributed by atoms with van der Waals surface area (Å²) >= 11 is 0. The highest BCUT2D eigenvalue weighted by atomic mass is 16.7. The Balaban J connectivity index is 2.48. The molecule has 0 fully saturated rings. The van der Waals surface area contributed by atoms with E-state index in [1.165, 1.54) is 6.20 Å². The molecule has 0 radical (unpaired) electrons. The van der Waals surface area contributed by atoms with Gasteiger partial charge in [-0.3, -0.25) is 0 Å². The molecule has 1 aromatic heterocycles. The highest BCUT2D eigenvalue weighted by molar-refractivity contribution is 6.33. The molecule has 0 aliphatic heterocycles. The Morgan fingerprint density at radius 2 is 2.44 bits per heavy atom. The summed E-state index contributed by atoms with van der Waals surface area (Å²) in [7, 11) is -1.85. The maximum atomic E-state index is 8.17. The largest absolute Gasteiger partial charge is 0.709 e. The molecule has 0 atom stereocenters. The van der Waals surface area contributed by atoms with Crippen LogP contribution in [-0.4, -0.2) is 22.4 Å². The molecule has 1 rings (SSSR count). The Kier molecular flexibility index (Phi) is 1.71. The zero-order chi connectivity index (χ0) is 6.69. The predicted octanol–water partition coefficient (Wildman–Crippen LogP) is -0.977. The molecule has 0 amide bonds. The lowest BCUT2D eigenvalue weighted by atomic mass is 10.3. The molecule has 9 heavy (non-hydrogen) atoms. The van der Waals surface area contributed by atoms with Crippen LogP contribution in [0.2, 0.25) is 0 Å². The van der Waals surface area contributed by atoms with E-state index in [1.54, 1.807) is 0 Å². The Morgan fingerprint density at radius 1 is 1.67 bits per heavy atom. The maximum Gasteiger partial charge on any atom is 0.709 e. The van der Waals surface area contributed by atoms with E-state index in [4.69, 9.17) is 10.0 Å². The minimum Gasteiger partial charge on any atom is -0.483 e. The number of hydrogen-bond donors (Lipinski definition) is 2. The Morgan fingerprint density at radius 3 is 2.89 bits per heavy atom. The van der Waals surface area contributed by atoms with Crippen molar-refractivity contribution in [3.8, 4) is 5.95 Å². The molecule has 5 nitrogen and oxygen atoms in total. The number of rotatable bonds is 2. The minimum atomic E-state index is -1.85. The molecular formula is C3H4BNO4. The van der Waals surface area contributed by atoms with E-state index >= 15 is 0 Å². The van der Waals surface area contributed by atoms with Crippen LogP contribution in [0.5, 0.6) is 5.95 Å². The normalized spacial score (nSPS) is 9.11. The second kappa shape index (κ2) is 2.52. The van der Waals surface area contributed by atoms with E-state index in [2.05, 4.69) is 14.1 Å². The molecule has 0 spiro atoms. The first kappa shape index (κ1) is 6.12. The summed E-state index contributed by atoms with van der Waals surface area (Å²) < 4.78 is 8.73. The highest BCUT2D eigenvalue weighted by Gasteiger charge is 2.12. The number of hydrogen-bond acceptors (Lipinski definition) is 5. The lowest BCUT2D eigenvalue weighted by Gasteiger charge is -1.95. The highest BCUT2D eigenvalue weighted by Crippen LogP contribution is 2.06. The van der Waals surface area contributed by atoms with Crippen molar-refractivity contribution in [3.05, 3.63) is 12.6 Å². The molecule has 48 valence electrons. The maximum absolute atomic E-state index is 8.17. The van der Waals surface area contributed by atoms with E-state index < -0.39 is 7.32 Å². The molecule has 0 aliphatic rings. The third-order valence-electron chi connectivity index (χ3n) is 0.631. The van der Waals surface area contributed by atoms with Crippen molar-refractivity contribution in [1.82, 2.24) is 4.98 Å². The summed E-state index contributed by atoms with van der Waals surface area (Å²) in [5.41, 5.74) is 0. The van der Waals surface area contributed by atoms with E-state index in [-0.39, 0.29) is 5.95 Å². The van der Waals surface area contributed by atoms with E-state index in [9.17, 15) is 0 Å². The second-order valence-electron chi connectivity index (χ2n) is 1.26. The lowest BCUT2D eigenvalue weighted by Crippen LogP contribution is -2.20. The third kappa shape index (κ3) is 1.75. The summed E-state index contributed by atoms with van der Waals surface area (Å²) in [4.78, 5) is 3.46. The van der Waals surface area contributed by atoms with Crippen molar-refractivity contribution in [1.29, 1.82) is 0 Å². The number of aromatic nitrogens is 1. The fourth-order valence-corrected chi connectivity index (χ4v) is 0.366. The van der Waals surface area contributed by atoms with Crippen LogP contribution in [0, 0.1) is 0 Å². The van der Waals surface area contributed by atoms with Crippen LogP contribution in [0.1, 0.15) is 0 Å². The average Bonchev–Trinajstić information content (AvgIpc) is 2.15. The molecule has 0 saturated carbocycles. The van der Waals surface area contributed by atoms with Gasteiger partial charge in [0.2, 0.25) is 0 Å². The van der Waals surface area contributed by atoms with Crippen LogP contribution >= 0.6 is 0 Å². The van der Waals surface area contributed by atoms with Gasteiger partial charge >= 0.3 is 7.32 Å². The molecule has 0 bridgehead atoms. The monoisotopic (exact) mass is 129 g/mol. The zero-order valence-corrected chi connectivity index (χ0v) is 4.39. The van der Waals surface area contributed by atoms with E-state index in [0.717, 1.165) is 6.39 Å². The van der Waals surface area contributed by atoms with Crippen molar-refractivity contribution in [2.75, 3.05) is 0 Å². The molecule has 1 aromatic rings. The second-order valence-corrected chi connectivity index (χ2v) is 1.26. The predicted molar refractivity (Wildman–Crippen MR) is 27.3 cm³/mol. The van der Waals surface area contributed by atoms with Crippen LogP contribution in [0.25, 0.3) is 0 Å². The van der Waals surface area contributed by atoms with Crippen molar-refractivity contribution in [2.45, 2.75) is 0 Å². The third-order valence-corrected chi connectivity index (χ3v) is 0.631. The smallest absolute Gasteiger partial charge is 0.483 e.